The number of carbonyl (C=O) groups excluding carboxylic acids is 3. The van der Waals surface area contributed by atoms with Gasteiger partial charge in [0, 0.05) is 6.42 Å². The van der Waals surface area contributed by atoms with Crippen LogP contribution in [-0.4, -0.2) is 29.6 Å². The van der Waals surface area contributed by atoms with Gasteiger partial charge >= 0.3 is 6.09 Å². The van der Waals surface area contributed by atoms with Gasteiger partial charge in [0.15, 0.2) is 0 Å². The van der Waals surface area contributed by atoms with Gasteiger partial charge in [-0.3, -0.25) is 9.59 Å². The van der Waals surface area contributed by atoms with Crippen molar-refractivity contribution in [2.75, 3.05) is 4.90 Å². The molecule has 1 N–H and O–H groups in total. The number of alkyl carbamates (subject to hydrolysis) is 1. The first-order chi connectivity index (χ1) is 16.6. The Kier molecular flexibility index (Phi) is 8.54. The molecular weight excluding hydrogens is 487 g/mol. The van der Waals surface area contributed by atoms with Crippen LogP contribution in [0, 0.1) is 0 Å². The van der Waals surface area contributed by atoms with Gasteiger partial charge in [-0.15, -0.1) is 0 Å². The number of halogens is 2. The lowest BCUT2D eigenvalue weighted by molar-refractivity contribution is -0.120. The number of amides is 3. The maximum Gasteiger partial charge on any atom is 0.408 e. The summed E-state index contributed by atoms with van der Waals surface area (Å²) in [7, 11) is 0. The monoisotopic (exact) mass is 512 g/mol. The van der Waals surface area contributed by atoms with Gasteiger partial charge in [-0.2, -0.15) is 0 Å². The number of hydrogen-bond donors (Lipinski definition) is 1. The van der Waals surface area contributed by atoms with E-state index in [-0.39, 0.29) is 22.0 Å². The summed E-state index contributed by atoms with van der Waals surface area (Å²) in [4.78, 5) is 41.3. The third-order valence-corrected chi connectivity index (χ3v) is 5.52. The van der Waals surface area contributed by atoms with Gasteiger partial charge in [0.2, 0.25) is 0 Å². The lowest BCUT2D eigenvalue weighted by Crippen LogP contribution is -2.52. The van der Waals surface area contributed by atoms with Crippen LogP contribution in [0.4, 0.5) is 10.5 Å². The molecule has 0 unspecified atom stereocenters. The molecule has 0 aliphatic rings. The minimum Gasteiger partial charge on any atom is -0.444 e. The largest absolute Gasteiger partial charge is 0.444 e. The van der Waals surface area contributed by atoms with Crippen molar-refractivity contribution in [2.24, 2.45) is 0 Å². The summed E-state index contributed by atoms with van der Waals surface area (Å²) < 4.78 is 5.38. The zero-order valence-electron chi connectivity index (χ0n) is 19.6. The van der Waals surface area contributed by atoms with Crippen molar-refractivity contribution in [3.8, 4) is 0 Å². The fraction of sp³-hybridized carbons (Fsp3) is 0.222. The lowest BCUT2D eigenvalue weighted by Gasteiger charge is -2.28. The van der Waals surface area contributed by atoms with Gasteiger partial charge in [-0.1, -0.05) is 77.8 Å². The van der Waals surface area contributed by atoms with Crippen LogP contribution in [0.2, 0.25) is 10.0 Å². The molecule has 0 aliphatic heterocycles. The Morgan fingerprint density at radius 1 is 0.857 bits per heavy atom. The number of para-hydroxylation sites is 1. The topological polar surface area (TPSA) is 75.7 Å². The fourth-order valence-corrected chi connectivity index (χ4v) is 3.95. The van der Waals surface area contributed by atoms with Crippen LogP contribution in [0.3, 0.4) is 0 Å². The fourth-order valence-electron chi connectivity index (χ4n) is 3.39. The van der Waals surface area contributed by atoms with E-state index in [1.807, 2.05) is 30.3 Å². The maximum atomic E-state index is 13.9. The molecule has 0 heterocycles. The summed E-state index contributed by atoms with van der Waals surface area (Å²) in [5.74, 6) is -1.37. The lowest BCUT2D eigenvalue weighted by atomic mass is 10.0. The van der Waals surface area contributed by atoms with Gasteiger partial charge < -0.3 is 10.1 Å². The van der Waals surface area contributed by atoms with Crippen molar-refractivity contribution in [2.45, 2.75) is 38.8 Å². The maximum absolute atomic E-state index is 13.9. The molecule has 0 saturated heterocycles. The number of hydrogen-bond acceptors (Lipinski definition) is 4. The minimum absolute atomic E-state index is 0.0104. The molecule has 0 aliphatic carbocycles. The predicted molar refractivity (Wildman–Crippen MR) is 138 cm³/mol. The number of anilines is 1. The minimum atomic E-state index is -1.11. The number of nitrogens with one attached hydrogen (secondary N) is 1. The molecule has 35 heavy (non-hydrogen) atoms. The molecule has 3 aromatic carbocycles. The number of carbonyl (C=O) groups is 3. The van der Waals surface area contributed by atoms with Crippen molar-refractivity contribution in [3.05, 3.63) is 100 Å². The number of nitrogens with zero attached hydrogens (tertiary/aromatic N) is 1. The normalized spacial score (nSPS) is 11.9. The van der Waals surface area contributed by atoms with E-state index in [9.17, 15) is 14.4 Å². The molecule has 3 amide bonds. The van der Waals surface area contributed by atoms with E-state index in [4.69, 9.17) is 27.9 Å². The third kappa shape index (κ3) is 7.07. The van der Waals surface area contributed by atoms with Crippen LogP contribution >= 0.6 is 23.2 Å². The zero-order chi connectivity index (χ0) is 25.6. The van der Waals surface area contributed by atoms with Crippen LogP contribution in [0.15, 0.2) is 78.9 Å². The van der Waals surface area contributed by atoms with E-state index >= 15 is 0 Å². The van der Waals surface area contributed by atoms with Crippen LogP contribution in [-0.2, 0) is 16.0 Å². The van der Waals surface area contributed by atoms with Crippen molar-refractivity contribution in [1.29, 1.82) is 0 Å². The third-order valence-electron chi connectivity index (χ3n) is 4.89. The molecule has 3 rings (SSSR count). The molecular formula is C27H26Cl2N2O4. The molecule has 182 valence electrons. The van der Waals surface area contributed by atoms with E-state index in [1.165, 1.54) is 12.1 Å². The summed E-state index contributed by atoms with van der Waals surface area (Å²) >= 11 is 12.6. The second-order valence-electron chi connectivity index (χ2n) is 8.80. The van der Waals surface area contributed by atoms with Gasteiger partial charge in [0.1, 0.15) is 11.6 Å². The van der Waals surface area contributed by atoms with Crippen molar-refractivity contribution < 1.29 is 19.1 Å². The first-order valence-electron chi connectivity index (χ1n) is 11.0. The van der Waals surface area contributed by atoms with Gasteiger partial charge in [-0.05, 0) is 50.6 Å². The van der Waals surface area contributed by atoms with Crippen LogP contribution in [0.5, 0.6) is 0 Å². The van der Waals surface area contributed by atoms with Crippen molar-refractivity contribution in [1.82, 2.24) is 5.32 Å². The molecule has 0 bridgehead atoms. The summed E-state index contributed by atoms with van der Waals surface area (Å²) in [5.41, 5.74) is 0.314. The van der Waals surface area contributed by atoms with E-state index in [0.717, 1.165) is 10.5 Å². The number of ether oxygens (including phenoxy) is 1. The Bertz CT molecular complexity index is 1170. The van der Waals surface area contributed by atoms with Crippen molar-refractivity contribution in [3.63, 3.8) is 0 Å². The highest BCUT2D eigenvalue weighted by Crippen LogP contribution is 2.28. The second kappa shape index (κ2) is 11.4. The zero-order valence-corrected chi connectivity index (χ0v) is 21.1. The Balaban J connectivity index is 2.04. The smallest absolute Gasteiger partial charge is 0.408 e. The molecule has 0 spiro atoms. The summed E-state index contributed by atoms with van der Waals surface area (Å²) in [5, 5.41) is 2.85. The summed E-state index contributed by atoms with van der Waals surface area (Å²) in [6.45, 7) is 5.17. The molecule has 0 saturated carbocycles. The van der Waals surface area contributed by atoms with E-state index in [2.05, 4.69) is 5.32 Å². The van der Waals surface area contributed by atoms with Gasteiger partial charge in [-0.25, -0.2) is 9.69 Å². The second-order valence-corrected chi connectivity index (χ2v) is 9.61. The Labute approximate surface area is 214 Å². The van der Waals surface area contributed by atoms with Crippen LogP contribution in [0.1, 0.15) is 36.7 Å². The SMILES string of the molecule is CC(C)(C)OC(=O)N[C@@H](Cc1ccccc1)C(=O)N(C(=O)c1c(Cl)cccc1Cl)c1ccccc1. The molecule has 3 aromatic rings. The summed E-state index contributed by atoms with van der Waals surface area (Å²) in [6, 6.07) is 21.1. The first kappa shape index (κ1) is 26.3. The predicted octanol–water partition coefficient (Wildman–Crippen LogP) is 6.30. The van der Waals surface area contributed by atoms with Crippen LogP contribution < -0.4 is 10.2 Å². The average Bonchev–Trinajstić information content (AvgIpc) is 2.79. The first-order valence-corrected chi connectivity index (χ1v) is 11.7. The number of benzene rings is 3. The highest BCUT2D eigenvalue weighted by molar-refractivity contribution is 6.42. The van der Waals surface area contributed by atoms with E-state index < -0.39 is 29.6 Å². The molecule has 0 aromatic heterocycles. The molecule has 1 atom stereocenters. The standard InChI is InChI=1S/C27H26Cl2N2O4/c1-27(2,3)35-26(34)30-22(17-18-11-6-4-7-12-18)24(32)31(19-13-8-5-9-14-19)25(33)23-20(28)15-10-16-21(23)29/h4-16,22H,17H2,1-3H3,(H,30,34)/t22-/m0/s1. The number of rotatable bonds is 6. The quantitative estimate of drug-likeness (QED) is 0.420. The Morgan fingerprint density at radius 3 is 1.94 bits per heavy atom. The molecule has 0 fully saturated rings. The molecule has 6 nitrogen and oxygen atoms in total. The Morgan fingerprint density at radius 2 is 1.40 bits per heavy atom. The van der Waals surface area contributed by atoms with Crippen molar-refractivity contribution >= 4 is 46.8 Å². The van der Waals surface area contributed by atoms with Gasteiger partial charge in [0.05, 0.1) is 21.3 Å². The highest BCUT2D eigenvalue weighted by Gasteiger charge is 2.34. The van der Waals surface area contributed by atoms with Gasteiger partial charge in [0.25, 0.3) is 11.8 Å². The van der Waals surface area contributed by atoms with Crippen LogP contribution in [0.25, 0.3) is 0 Å². The Hall–Kier alpha value is -3.35. The highest BCUT2D eigenvalue weighted by atomic mass is 35.5. The number of imide groups is 1. The molecule has 0 radical (unpaired) electrons. The molecule has 8 heteroatoms. The summed E-state index contributed by atoms with van der Waals surface area (Å²) in [6.07, 6.45) is -0.644. The van der Waals surface area contributed by atoms with E-state index in [1.54, 1.807) is 57.2 Å². The average molecular weight is 513 g/mol. The van der Waals surface area contributed by atoms with E-state index in [0.29, 0.717) is 5.69 Å².